The summed E-state index contributed by atoms with van der Waals surface area (Å²) in [6.45, 7) is 2.23. The number of hydrogen-bond acceptors (Lipinski definition) is 5. The lowest BCUT2D eigenvalue weighted by Crippen LogP contribution is -2.28. The molecule has 0 fully saturated rings. The molecule has 0 spiro atoms. The minimum absolute atomic E-state index is 0.0481. The number of nitrogens with zero attached hydrogens (tertiary/aromatic N) is 1. The number of aromatic nitrogens is 1. The molecule has 2 heterocycles. The number of benzene rings is 1. The van der Waals surface area contributed by atoms with Gasteiger partial charge in [-0.3, -0.25) is 9.00 Å². The van der Waals surface area contributed by atoms with Gasteiger partial charge in [-0.05, 0) is 23.9 Å². The van der Waals surface area contributed by atoms with Gasteiger partial charge >= 0.3 is 0 Å². The van der Waals surface area contributed by atoms with Gasteiger partial charge in [-0.15, -0.1) is 11.3 Å². The third-order valence-electron chi connectivity index (χ3n) is 3.55. The summed E-state index contributed by atoms with van der Waals surface area (Å²) in [6, 6.07) is 13.5. The van der Waals surface area contributed by atoms with Crippen LogP contribution in [0.5, 0.6) is 0 Å². The largest absolute Gasteiger partial charge is 0.440 e. The molecular formula is C18H18N2O3S2. The van der Waals surface area contributed by atoms with E-state index in [4.69, 9.17) is 4.42 Å². The third kappa shape index (κ3) is 4.87. The molecule has 0 bridgehead atoms. The molecule has 25 heavy (non-hydrogen) atoms. The molecule has 0 aliphatic rings. The SMILES string of the molecule is Cc1oc(-c2cccs2)nc1C[S@@](=O)CC(=O)NCc1ccccc1. The van der Waals surface area contributed by atoms with Gasteiger partial charge in [-0.25, -0.2) is 4.98 Å². The lowest BCUT2D eigenvalue weighted by Gasteiger charge is -2.05. The molecule has 0 aliphatic carbocycles. The van der Waals surface area contributed by atoms with E-state index in [-0.39, 0.29) is 17.4 Å². The molecule has 1 atom stereocenters. The van der Waals surface area contributed by atoms with Crippen molar-refractivity contribution in [3.63, 3.8) is 0 Å². The molecule has 130 valence electrons. The van der Waals surface area contributed by atoms with Gasteiger partial charge in [0.2, 0.25) is 11.8 Å². The minimum atomic E-state index is -1.33. The van der Waals surface area contributed by atoms with Gasteiger partial charge in [0.1, 0.15) is 11.5 Å². The van der Waals surface area contributed by atoms with Gasteiger partial charge in [-0.1, -0.05) is 36.4 Å². The highest BCUT2D eigenvalue weighted by Crippen LogP contribution is 2.26. The molecular weight excluding hydrogens is 356 g/mol. The Kier molecular flexibility index (Phi) is 5.78. The Hall–Kier alpha value is -2.25. The van der Waals surface area contributed by atoms with Gasteiger partial charge in [0.05, 0.1) is 16.3 Å². The Morgan fingerprint density at radius 1 is 1.24 bits per heavy atom. The fourth-order valence-corrected chi connectivity index (χ4v) is 3.98. The van der Waals surface area contributed by atoms with Gasteiger partial charge in [0, 0.05) is 17.3 Å². The fourth-order valence-electron chi connectivity index (χ4n) is 2.26. The summed E-state index contributed by atoms with van der Waals surface area (Å²) >= 11 is 1.54. The van der Waals surface area contributed by atoms with E-state index in [0.717, 1.165) is 10.4 Å². The number of aryl methyl sites for hydroxylation is 1. The number of amides is 1. The zero-order valence-electron chi connectivity index (χ0n) is 13.7. The summed E-state index contributed by atoms with van der Waals surface area (Å²) < 4.78 is 17.9. The van der Waals surface area contributed by atoms with Crippen LogP contribution in [-0.2, 0) is 27.9 Å². The summed E-state index contributed by atoms with van der Waals surface area (Å²) in [5.74, 6) is 1.10. The molecule has 0 radical (unpaired) electrons. The van der Waals surface area contributed by atoms with Crippen molar-refractivity contribution in [2.45, 2.75) is 19.2 Å². The highest BCUT2D eigenvalue weighted by molar-refractivity contribution is 7.84. The predicted molar refractivity (Wildman–Crippen MR) is 99.6 cm³/mol. The van der Waals surface area contributed by atoms with Crippen molar-refractivity contribution in [1.82, 2.24) is 10.3 Å². The summed E-state index contributed by atoms with van der Waals surface area (Å²) in [4.78, 5) is 17.3. The maximum absolute atomic E-state index is 12.3. The van der Waals surface area contributed by atoms with Gasteiger partial charge in [0.25, 0.3) is 0 Å². The lowest BCUT2D eigenvalue weighted by atomic mass is 10.2. The number of hydrogen-bond donors (Lipinski definition) is 1. The van der Waals surface area contributed by atoms with Crippen LogP contribution in [0, 0.1) is 6.92 Å². The van der Waals surface area contributed by atoms with Crippen LogP contribution in [-0.4, -0.2) is 20.9 Å². The lowest BCUT2D eigenvalue weighted by molar-refractivity contribution is -0.118. The van der Waals surface area contributed by atoms with Crippen LogP contribution in [0.25, 0.3) is 10.8 Å². The molecule has 2 aromatic heterocycles. The van der Waals surface area contributed by atoms with E-state index in [1.807, 2.05) is 47.8 Å². The summed E-state index contributed by atoms with van der Waals surface area (Å²) in [5, 5.41) is 4.73. The monoisotopic (exact) mass is 374 g/mol. The van der Waals surface area contributed by atoms with Crippen LogP contribution >= 0.6 is 11.3 Å². The molecule has 0 saturated carbocycles. The van der Waals surface area contributed by atoms with Crippen molar-refractivity contribution in [2.24, 2.45) is 0 Å². The smallest absolute Gasteiger partial charge is 0.236 e. The molecule has 3 aromatic rings. The Balaban J connectivity index is 1.53. The first-order valence-electron chi connectivity index (χ1n) is 7.77. The Bertz CT molecular complexity index is 858. The number of nitrogens with one attached hydrogen (secondary N) is 1. The van der Waals surface area contributed by atoms with Crippen molar-refractivity contribution in [1.29, 1.82) is 0 Å². The van der Waals surface area contributed by atoms with E-state index in [2.05, 4.69) is 10.3 Å². The van der Waals surface area contributed by atoms with Gasteiger partial charge in [0.15, 0.2) is 0 Å². The predicted octanol–water partition coefficient (Wildman–Crippen LogP) is 3.28. The average molecular weight is 374 g/mol. The average Bonchev–Trinajstić information content (AvgIpc) is 3.24. The van der Waals surface area contributed by atoms with Crippen molar-refractivity contribution < 1.29 is 13.4 Å². The molecule has 5 nitrogen and oxygen atoms in total. The first kappa shape index (κ1) is 17.6. The van der Waals surface area contributed by atoms with Crippen LogP contribution in [0.3, 0.4) is 0 Å². The van der Waals surface area contributed by atoms with Crippen LogP contribution in [0.2, 0.25) is 0 Å². The highest BCUT2D eigenvalue weighted by atomic mass is 32.2. The second kappa shape index (κ2) is 8.22. The van der Waals surface area contributed by atoms with E-state index < -0.39 is 10.8 Å². The van der Waals surface area contributed by atoms with Crippen LogP contribution < -0.4 is 5.32 Å². The maximum Gasteiger partial charge on any atom is 0.236 e. The Labute approximate surface area is 152 Å². The topological polar surface area (TPSA) is 72.2 Å². The molecule has 7 heteroatoms. The first-order valence-corrected chi connectivity index (χ1v) is 10.1. The van der Waals surface area contributed by atoms with E-state index in [0.29, 0.717) is 23.9 Å². The minimum Gasteiger partial charge on any atom is -0.440 e. The number of carbonyl (C=O) groups is 1. The second-order valence-electron chi connectivity index (χ2n) is 5.49. The maximum atomic E-state index is 12.3. The van der Waals surface area contributed by atoms with Crippen LogP contribution in [0.15, 0.2) is 52.3 Å². The van der Waals surface area contributed by atoms with E-state index >= 15 is 0 Å². The molecule has 1 aromatic carbocycles. The molecule has 0 aliphatic heterocycles. The van der Waals surface area contributed by atoms with Crippen molar-refractivity contribution in [3.05, 3.63) is 64.9 Å². The van der Waals surface area contributed by atoms with Crippen molar-refractivity contribution >= 4 is 28.0 Å². The number of rotatable bonds is 7. The third-order valence-corrected chi connectivity index (χ3v) is 5.58. The molecule has 1 amide bonds. The normalized spacial score (nSPS) is 12.0. The van der Waals surface area contributed by atoms with Crippen LogP contribution in [0.1, 0.15) is 17.0 Å². The van der Waals surface area contributed by atoms with Crippen molar-refractivity contribution in [3.8, 4) is 10.8 Å². The van der Waals surface area contributed by atoms with Gasteiger partial charge < -0.3 is 9.73 Å². The second-order valence-corrected chi connectivity index (χ2v) is 7.89. The molecule has 3 rings (SSSR count). The van der Waals surface area contributed by atoms with E-state index in [9.17, 15) is 9.00 Å². The molecule has 0 saturated heterocycles. The first-order chi connectivity index (χ1) is 12.1. The summed E-state index contributed by atoms with van der Waals surface area (Å²) in [6.07, 6.45) is 0. The fraction of sp³-hybridized carbons (Fsp3) is 0.222. The van der Waals surface area contributed by atoms with Crippen molar-refractivity contribution in [2.75, 3.05) is 5.75 Å². The zero-order chi connectivity index (χ0) is 17.6. The summed E-state index contributed by atoms with van der Waals surface area (Å²) in [7, 11) is -1.33. The standard InChI is InChI=1S/C18H18N2O3S2/c1-13-15(20-18(23-13)16-8-5-9-24-16)11-25(22)12-17(21)19-10-14-6-3-2-4-7-14/h2-9H,10-12H2,1H3,(H,19,21)/t25-/m1/s1. The molecule has 1 N–H and O–H groups in total. The van der Waals surface area contributed by atoms with Crippen LogP contribution in [0.4, 0.5) is 0 Å². The summed E-state index contributed by atoms with van der Waals surface area (Å²) in [5.41, 5.74) is 1.65. The van der Waals surface area contributed by atoms with Gasteiger partial charge in [-0.2, -0.15) is 0 Å². The van der Waals surface area contributed by atoms with E-state index in [1.54, 1.807) is 6.92 Å². The quantitative estimate of drug-likeness (QED) is 0.689. The number of thiophene rings is 1. The highest BCUT2D eigenvalue weighted by Gasteiger charge is 2.16. The Morgan fingerprint density at radius 2 is 2.04 bits per heavy atom. The van der Waals surface area contributed by atoms with E-state index in [1.165, 1.54) is 11.3 Å². The number of carbonyl (C=O) groups excluding carboxylic acids is 1. The Morgan fingerprint density at radius 3 is 2.76 bits per heavy atom. The zero-order valence-corrected chi connectivity index (χ0v) is 15.4. The molecule has 0 unspecified atom stereocenters. The number of oxazole rings is 1.